The van der Waals surface area contributed by atoms with Gasteiger partial charge in [-0.05, 0) is 242 Å². The zero-order valence-corrected chi connectivity index (χ0v) is 82.4. The van der Waals surface area contributed by atoms with Crippen LogP contribution in [0.1, 0.15) is 86.0 Å². The lowest BCUT2D eigenvalue weighted by molar-refractivity contribution is 0.0979. The molecule has 22 nitrogen and oxygen atoms in total. The van der Waals surface area contributed by atoms with Crippen molar-refractivity contribution in [3.63, 3.8) is 0 Å². The molecule has 0 fully saturated rings. The minimum atomic E-state index is -0.511. The number of nitrogens with one attached hydrogen (secondary N) is 5. The van der Waals surface area contributed by atoms with E-state index >= 15 is 0 Å². The molecule has 5 N–H and O–H groups in total. The van der Waals surface area contributed by atoms with E-state index in [1.807, 2.05) is 158 Å². The maximum Gasteiger partial charge on any atom is 0.260 e. The summed E-state index contributed by atoms with van der Waals surface area (Å²) in [6.45, 7) is 7.07. The molecule has 0 saturated heterocycles. The summed E-state index contributed by atoms with van der Waals surface area (Å²) in [5.74, 6) is -2.49. The van der Waals surface area contributed by atoms with E-state index in [1.165, 1.54) is 61.1 Å². The topological polar surface area (TPSA) is 328 Å². The third kappa shape index (κ3) is 25.0. The zero-order chi connectivity index (χ0) is 103. The van der Waals surface area contributed by atoms with Crippen LogP contribution in [0, 0.1) is 18.2 Å². The van der Waals surface area contributed by atoms with E-state index in [0.717, 1.165) is 50.2 Å². The molecule has 147 heavy (non-hydrogen) atoms. The van der Waals surface area contributed by atoms with Crippen molar-refractivity contribution in [3.8, 4) is 61.4 Å². The minimum Gasteiger partial charge on any atom is -0.495 e. The van der Waals surface area contributed by atoms with Crippen LogP contribution in [0.3, 0.4) is 0 Å². The molecular formula is C117H75BrCl5F2N11O11. The number of benzene rings is 10. The Bertz CT molecular complexity index is 8840. The number of ether oxygens (including phenoxy) is 1. The number of hydrogen-bond donors (Lipinski definition) is 5. The van der Waals surface area contributed by atoms with E-state index < -0.39 is 62.6 Å². The van der Waals surface area contributed by atoms with Crippen LogP contribution in [0.5, 0.6) is 5.75 Å². The van der Waals surface area contributed by atoms with Gasteiger partial charge in [-0.2, -0.15) is 0 Å². The Balaban J connectivity index is 0.000000131. The second kappa shape index (κ2) is 47.5. The maximum atomic E-state index is 13.4. The Morgan fingerprint density at radius 3 is 0.925 bits per heavy atom. The first kappa shape index (κ1) is 102. The van der Waals surface area contributed by atoms with E-state index in [-0.39, 0.29) is 46.4 Å². The number of fused-ring (bicyclic) bond motifs is 5. The van der Waals surface area contributed by atoms with Gasteiger partial charge in [-0.25, -0.2) is 13.6 Å². The van der Waals surface area contributed by atoms with Crippen LogP contribution < -0.4 is 32.5 Å². The fraction of sp³-hybridized carbons (Fsp3) is 0.0256. The molecular weight excluding hydrogens is 2030 g/mol. The number of hydrogen-bond acceptors (Lipinski definition) is 16. The molecule has 0 aliphatic rings. The summed E-state index contributed by atoms with van der Waals surface area (Å²) in [4.78, 5) is 167. The average Bonchev–Trinajstić information content (AvgIpc) is 0.777. The van der Waals surface area contributed by atoms with Gasteiger partial charge in [0.15, 0.2) is 28.9 Å². The number of carbonyl (C=O) groups is 5. The first-order valence-electron chi connectivity index (χ1n) is 44.8. The SMILES string of the molecule is COc1cncc(/C=C/C(=O)c2c(-c3ccccc3)c3cc(Cl)ccc3[nH]c2=O)c1.O=C(/C=C/c1cncc(Br)c1)c1c(-c2ccccc2)c2cc(Cl)ccc2[nH]c1=O.O=C(/C=C/c1cncc(F)c1)c1c(-c2ccccc2)c2cc(Cl)ccc2[nH]c1=O.O=C(CCc1cncc(F)c1)c1c(-c2ccccc2)c2cc(Cl)ccc2[nH]c1=O.[C-]#[N+]c1cncc(/C=C/C(=O)c2c(-c3ccccc3)c3cc(Cl)ccc3[nH]c2=O)c1. The Hall–Kier alpha value is -17.6. The lowest BCUT2D eigenvalue weighted by Crippen LogP contribution is -2.20. The van der Waals surface area contributed by atoms with Crippen molar-refractivity contribution in [3.05, 3.63) is 519 Å². The number of Topliss-reactive ketones (excluding diaryl/α,β-unsaturated/α-hetero) is 1. The fourth-order valence-electron chi connectivity index (χ4n) is 16.3. The number of aryl methyl sites for hydroxylation is 1. The number of ketones is 5. The monoisotopic (exact) mass is 2100 g/mol. The van der Waals surface area contributed by atoms with Gasteiger partial charge in [0.2, 0.25) is 5.69 Å². The van der Waals surface area contributed by atoms with Crippen LogP contribution in [0.15, 0.2) is 388 Å². The normalized spacial score (nSPS) is 11.1. The van der Waals surface area contributed by atoms with E-state index in [2.05, 4.69) is 70.6 Å². The molecule has 720 valence electrons. The smallest absolute Gasteiger partial charge is 0.260 e. The van der Waals surface area contributed by atoms with E-state index in [9.17, 15) is 56.7 Å². The highest BCUT2D eigenvalue weighted by atomic mass is 79.9. The van der Waals surface area contributed by atoms with Crippen molar-refractivity contribution in [2.24, 2.45) is 0 Å². The Kier molecular flexibility index (Phi) is 33.1. The molecule has 0 spiro atoms. The highest BCUT2D eigenvalue weighted by Gasteiger charge is 2.27. The van der Waals surface area contributed by atoms with Gasteiger partial charge >= 0.3 is 0 Å². The third-order valence-corrected chi connectivity index (χ3v) is 24.5. The number of nitrogens with zero attached hydrogens (tertiary/aromatic N) is 6. The average molecular weight is 2110 g/mol. The van der Waals surface area contributed by atoms with E-state index in [0.29, 0.717) is 141 Å². The Labute approximate surface area is 868 Å². The van der Waals surface area contributed by atoms with Crippen LogP contribution in [0.25, 0.3) is 139 Å². The molecule has 0 unspecified atom stereocenters. The van der Waals surface area contributed by atoms with Crippen molar-refractivity contribution in [2.75, 3.05) is 7.11 Å². The van der Waals surface area contributed by atoms with Gasteiger partial charge in [-0.15, -0.1) is 0 Å². The number of methoxy groups -OCH3 is 1. The van der Waals surface area contributed by atoms with Gasteiger partial charge < -0.3 is 29.7 Å². The van der Waals surface area contributed by atoms with Crippen LogP contribution in [0.4, 0.5) is 14.5 Å². The highest BCUT2D eigenvalue weighted by molar-refractivity contribution is 9.10. The molecule has 0 saturated carbocycles. The van der Waals surface area contributed by atoms with Crippen molar-refractivity contribution >= 4 is 187 Å². The van der Waals surface area contributed by atoms with Crippen LogP contribution in [-0.2, 0) is 6.42 Å². The standard InChI is InChI=1S/C24H14ClN3O2.C24H17ClN2O3.C23H14BrClN2O2.C23H16ClFN2O2.C23H14ClFN2O2/c1-26-18-11-15(13-27-14-18)7-10-21(29)23-22(16-5-3-2-4-6-16)19-12-17(25)8-9-20(19)28-24(23)30;1-30-18-11-15(13-26-14-18)7-10-21(28)23-22(16-5-3-2-4-6-16)19-12-17(25)8-9-20(19)27-24(23)29;24-16-10-14(12-26-13-16)6-9-20(28)22-21(15-4-2-1-3-5-15)18-11-17(25)7-8-19(18)27-23(22)29;2*24-16-7-8-19-18(11-16)21(15-4-2-1-3-5-15)22(23(29)27-19)20(28)9-6-14-10-17(25)13-26-12-14/h2-14H,(H,28,30);2-14H,1H3,(H,27,29);1-13H,(H,27,29);1-5,7-8,10-13H,6,9H2,(H,27,29);1-13H,(H,27,29)/b2*10-7+;9-6+;;9-6+. The van der Waals surface area contributed by atoms with Crippen molar-refractivity contribution < 1.29 is 37.5 Å². The van der Waals surface area contributed by atoms with Gasteiger partial charge in [-0.3, -0.25) is 72.9 Å². The quantitative estimate of drug-likeness (QED) is 0.0239. The van der Waals surface area contributed by atoms with E-state index in [4.69, 9.17) is 69.3 Å². The number of H-pyrrole nitrogens is 5. The summed E-state index contributed by atoms with van der Waals surface area (Å²) < 4.78 is 32.6. The first-order valence-corrected chi connectivity index (χ1v) is 47.5. The second-order valence-electron chi connectivity index (χ2n) is 32.6. The number of aromatic nitrogens is 10. The second-order valence-corrected chi connectivity index (χ2v) is 35.7. The number of aromatic amines is 5. The summed E-state index contributed by atoms with van der Waals surface area (Å²) in [5.41, 5.74) is 10.7. The molecule has 0 radical (unpaired) electrons. The Morgan fingerprint density at radius 2 is 0.612 bits per heavy atom. The fourth-order valence-corrected chi connectivity index (χ4v) is 17.6. The summed E-state index contributed by atoms with van der Waals surface area (Å²) in [6, 6.07) is 79.9. The first-order chi connectivity index (χ1) is 71.2. The largest absolute Gasteiger partial charge is 0.495 e. The Morgan fingerprint density at radius 1 is 0.333 bits per heavy atom. The molecule has 0 aliphatic heterocycles. The third-order valence-electron chi connectivity index (χ3n) is 22.9. The molecule has 20 rings (SSSR count). The molecule has 0 bridgehead atoms. The molecule has 30 heteroatoms. The van der Waals surface area contributed by atoms with Crippen LogP contribution in [-0.4, -0.2) is 85.9 Å². The van der Waals surface area contributed by atoms with Gasteiger partial charge in [0.05, 0.1) is 60.1 Å². The molecule has 10 aromatic heterocycles. The van der Waals surface area contributed by atoms with Gasteiger partial charge in [0.1, 0.15) is 17.4 Å². The summed E-state index contributed by atoms with van der Waals surface area (Å²) in [7, 11) is 1.54. The molecule has 20 aromatic rings. The summed E-state index contributed by atoms with van der Waals surface area (Å²) in [5, 5.41) is 5.99. The molecule has 0 amide bonds. The summed E-state index contributed by atoms with van der Waals surface area (Å²) >= 11 is 34.3. The van der Waals surface area contributed by atoms with E-state index in [1.54, 1.807) is 159 Å². The maximum absolute atomic E-state index is 13.4. The number of rotatable bonds is 22. The number of pyridine rings is 10. The minimum absolute atomic E-state index is 0.00780. The molecule has 0 atom stereocenters. The van der Waals surface area contributed by atoms with Crippen LogP contribution in [0.2, 0.25) is 25.1 Å². The number of halogens is 8. The van der Waals surface area contributed by atoms with Crippen LogP contribution >= 0.6 is 73.9 Å². The van der Waals surface area contributed by atoms with Gasteiger partial charge in [-0.1, -0.05) is 216 Å². The molecule has 10 heterocycles. The lowest BCUT2D eigenvalue weighted by atomic mass is 9.92. The van der Waals surface area contributed by atoms with Crippen molar-refractivity contribution in [1.82, 2.24) is 49.8 Å². The zero-order valence-electron chi connectivity index (χ0n) is 77.0. The van der Waals surface area contributed by atoms with Crippen molar-refractivity contribution in [2.45, 2.75) is 12.8 Å². The predicted octanol–water partition coefficient (Wildman–Crippen LogP) is 27.2. The predicted molar refractivity (Wildman–Crippen MR) is 583 cm³/mol. The molecule has 10 aromatic carbocycles. The van der Waals surface area contributed by atoms with Gasteiger partial charge in [0.25, 0.3) is 27.8 Å². The number of carbonyl (C=O) groups excluding carboxylic acids is 5. The summed E-state index contributed by atoms with van der Waals surface area (Å²) in [6.07, 6.45) is 26.4. The molecule has 0 aliphatic carbocycles. The highest BCUT2D eigenvalue weighted by Crippen LogP contribution is 2.39. The lowest BCUT2D eigenvalue weighted by Gasteiger charge is -2.13. The number of allylic oxidation sites excluding steroid dienone is 4. The van der Waals surface area contributed by atoms with Crippen molar-refractivity contribution in [1.29, 1.82) is 0 Å². The van der Waals surface area contributed by atoms with Gasteiger partial charge in [0, 0.05) is 162 Å².